The average Bonchev–Trinajstić information content (AvgIpc) is 3.03. The van der Waals surface area contributed by atoms with Crippen molar-refractivity contribution in [2.75, 3.05) is 13.1 Å². The van der Waals surface area contributed by atoms with Gasteiger partial charge in [-0.1, -0.05) is 43.3 Å². The number of furan rings is 1. The summed E-state index contributed by atoms with van der Waals surface area (Å²) in [5.74, 6) is 0.122. The van der Waals surface area contributed by atoms with E-state index >= 15 is 0 Å². The highest BCUT2D eigenvalue weighted by Gasteiger charge is 2.23. The molecule has 1 atom stereocenters. The highest BCUT2D eigenvalue weighted by atomic mass is 19.1. The Morgan fingerprint density at radius 2 is 2.00 bits per heavy atom. The monoisotopic (exact) mass is 321 g/mol. The lowest BCUT2D eigenvalue weighted by molar-refractivity contribution is 0.263. The molecule has 0 amide bonds. The van der Waals surface area contributed by atoms with Crippen LogP contribution in [-0.2, 0) is 6.54 Å². The van der Waals surface area contributed by atoms with E-state index in [1.54, 1.807) is 12.3 Å². The fourth-order valence-electron chi connectivity index (χ4n) is 3.59. The van der Waals surface area contributed by atoms with Crippen molar-refractivity contribution in [1.29, 1.82) is 0 Å². The third-order valence-electron chi connectivity index (χ3n) is 4.71. The third kappa shape index (κ3) is 2.87. The van der Waals surface area contributed by atoms with Gasteiger partial charge < -0.3 is 4.42 Å². The fourth-order valence-corrected chi connectivity index (χ4v) is 3.59. The van der Waals surface area contributed by atoms with E-state index < -0.39 is 0 Å². The maximum Gasteiger partial charge on any atom is 0.141 e. The summed E-state index contributed by atoms with van der Waals surface area (Å²) in [6, 6.07) is 15.4. The first-order valence-electron chi connectivity index (χ1n) is 8.34. The molecule has 1 aliphatic rings. The summed E-state index contributed by atoms with van der Waals surface area (Å²) in [5, 5.41) is 0.824. The zero-order valence-electron chi connectivity index (χ0n) is 13.7. The summed E-state index contributed by atoms with van der Waals surface area (Å²) < 4.78 is 19.5. The second-order valence-electron chi connectivity index (χ2n) is 6.53. The Labute approximate surface area is 141 Å². The van der Waals surface area contributed by atoms with E-state index in [4.69, 9.17) is 4.42 Å². The molecular weight excluding hydrogens is 301 g/mol. The standard InChI is InChI=1S/C21H20FNO/c1-15-13-23(14-16-5-3-2-4-6-16)9-7-19(15)20-12-18(22)11-17-8-10-24-21(17)20/h2-8,10-12,15H,9,13-14H2,1H3. The SMILES string of the molecule is CC1CN(Cc2ccccc2)CC=C1c1cc(F)cc2ccoc12. The molecule has 24 heavy (non-hydrogen) atoms. The molecule has 0 bridgehead atoms. The van der Waals surface area contributed by atoms with Crippen molar-refractivity contribution in [1.82, 2.24) is 4.90 Å². The number of rotatable bonds is 3. The van der Waals surface area contributed by atoms with Crippen LogP contribution in [0.5, 0.6) is 0 Å². The van der Waals surface area contributed by atoms with Gasteiger partial charge in [0, 0.05) is 30.6 Å². The molecule has 0 spiro atoms. The predicted octanol–water partition coefficient (Wildman–Crippen LogP) is 5.11. The first-order chi connectivity index (χ1) is 11.7. The van der Waals surface area contributed by atoms with Gasteiger partial charge in [-0.15, -0.1) is 0 Å². The average molecular weight is 321 g/mol. The van der Waals surface area contributed by atoms with Crippen LogP contribution in [-0.4, -0.2) is 18.0 Å². The molecule has 3 heteroatoms. The normalized spacial score (nSPS) is 18.8. The molecule has 0 saturated carbocycles. The lowest BCUT2D eigenvalue weighted by Crippen LogP contribution is -2.32. The smallest absolute Gasteiger partial charge is 0.141 e. The molecule has 1 aliphatic heterocycles. The molecule has 4 rings (SSSR count). The van der Waals surface area contributed by atoms with Crippen LogP contribution < -0.4 is 0 Å². The Morgan fingerprint density at radius 1 is 1.17 bits per heavy atom. The van der Waals surface area contributed by atoms with Crippen LogP contribution >= 0.6 is 0 Å². The molecule has 0 fully saturated rings. The molecule has 0 saturated heterocycles. The van der Waals surface area contributed by atoms with Gasteiger partial charge in [-0.05, 0) is 35.3 Å². The van der Waals surface area contributed by atoms with Gasteiger partial charge in [0.05, 0.1) is 6.26 Å². The molecule has 2 aromatic carbocycles. The number of hydrogen-bond acceptors (Lipinski definition) is 2. The van der Waals surface area contributed by atoms with Crippen molar-refractivity contribution < 1.29 is 8.81 Å². The molecular formula is C21H20FNO. The Balaban J connectivity index is 1.61. The molecule has 1 unspecified atom stereocenters. The molecule has 0 radical (unpaired) electrons. The number of benzene rings is 2. The number of nitrogens with zero attached hydrogens (tertiary/aromatic N) is 1. The molecule has 0 N–H and O–H groups in total. The highest BCUT2D eigenvalue weighted by molar-refractivity contribution is 5.90. The third-order valence-corrected chi connectivity index (χ3v) is 4.71. The molecule has 1 aromatic heterocycles. The van der Waals surface area contributed by atoms with Gasteiger partial charge in [0.25, 0.3) is 0 Å². The Hall–Kier alpha value is -2.39. The minimum Gasteiger partial charge on any atom is -0.464 e. The predicted molar refractivity (Wildman–Crippen MR) is 95.0 cm³/mol. The molecule has 0 aliphatic carbocycles. The quantitative estimate of drug-likeness (QED) is 0.667. The number of halogens is 1. The van der Waals surface area contributed by atoms with Crippen molar-refractivity contribution in [2.24, 2.45) is 5.92 Å². The summed E-state index contributed by atoms with van der Waals surface area (Å²) in [5.41, 5.74) is 4.17. The second-order valence-corrected chi connectivity index (χ2v) is 6.53. The van der Waals surface area contributed by atoms with Crippen molar-refractivity contribution in [2.45, 2.75) is 13.5 Å². The van der Waals surface area contributed by atoms with Gasteiger partial charge in [0.15, 0.2) is 0 Å². The van der Waals surface area contributed by atoms with Crippen LogP contribution in [0.1, 0.15) is 18.1 Å². The van der Waals surface area contributed by atoms with E-state index in [0.29, 0.717) is 5.92 Å². The van der Waals surface area contributed by atoms with Gasteiger partial charge in [-0.25, -0.2) is 4.39 Å². The topological polar surface area (TPSA) is 16.4 Å². The van der Waals surface area contributed by atoms with Crippen molar-refractivity contribution in [3.05, 3.63) is 77.8 Å². The van der Waals surface area contributed by atoms with Crippen molar-refractivity contribution in [3.63, 3.8) is 0 Å². The number of hydrogen-bond donors (Lipinski definition) is 0. The van der Waals surface area contributed by atoms with E-state index in [2.05, 4.69) is 42.2 Å². The zero-order chi connectivity index (χ0) is 16.5. The highest BCUT2D eigenvalue weighted by Crippen LogP contribution is 2.34. The molecule has 3 aromatic rings. The summed E-state index contributed by atoms with van der Waals surface area (Å²) >= 11 is 0. The summed E-state index contributed by atoms with van der Waals surface area (Å²) in [7, 11) is 0. The minimum absolute atomic E-state index is 0.210. The van der Waals surface area contributed by atoms with Crippen LogP contribution in [0.15, 0.2) is 65.3 Å². The van der Waals surface area contributed by atoms with E-state index in [9.17, 15) is 4.39 Å². The van der Waals surface area contributed by atoms with Crippen LogP contribution in [0.4, 0.5) is 4.39 Å². The number of fused-ring (bicyclic) bond motifs is 1. The first kappa shape index (κ1) is 15.2. The maximum absolute atomic E-state index is 13.9. The first-order valence-corrected chi connectivity index (χ1v) is 8.34. The van der Waals surface area contributed by atoms with Gasteiger partial charge in [-0.3, -0.25) is 4.90 Å². The van der Waals surface area contributed by atoms with Gasteiger partial charge in [0.1, 0.15) is 11.4 Å². The largest absolute Gasteiger partial charge is 0.464 e. The van der Waals surface area contributed by atoms with Crippen LogP contribution in [0, 0.1) is 11.7 Å². The Bertz CT molecular complexity index is 881. The molecule has 2 nitrogen and oxygen atoms in total. The van der Waals surface area contributed by atoms with Gasteiger partial charge in [-0.2, -0.15) is 0 Å². The van der Waals surface area contributed by atoms with E-state index in [0.717, 1.165) is 36.2 Å². The van der Waals surface area contributed by atoms with E-state index in [1.165, 1.54) is 17.2 Å². The zero-order valence-corrected chi connectivity index (χ0v) is 13.7. The van der Waals surface area contributed by atoms with Crippen LogP contribution in [0.2, 0.25) is 0 Å². The van der Waals surface area contributed by atoms with E-state index in [1.807, 2.05) is 12.1 Å². The Morgan fingerprint density at radius 3 is 2.79 bits per heavy atom. The summed E-state index contributed by atoms with van der Waals surface area (Å²) in [4.78, 5) is 2.42. The van der Waals surface area contributed by atoms with Crippen molar-refractivity contribution >= 4 is 16.5 Å². The summed E-state index contributed by atoms with van der Waals surface area (Å²) in [6.07, 6.45) is 3.84. The van der Waals surface area contributed by atoms with Gasteiger partial charge in [0.2, 0.25) is 0 Å². The maximum atomic E-state index is 13.9. The van der Waals surface area contributed by atoms with Crippen molar-refractivity contribution in [3.8, 4) is 0 Å². The van der Waals surface area contributed by atoms with Crippen LogP contribution in [0.25, 0.3) is 16.5 Å². The lowest BCUT2D eigenvalue weighted by Gasteiger charge is -2.31. The molecule has 2 heterocycles. The fraction of sp³-hybridized carbons (Fsp3) is 0.238. The summed E-state index contributed by atoms with van der Waals surface area (Å²) in [6.45, 7) is 4.96. The second kappa shape index (κ2) is 6.25. The Kier molecular flexibility index (Phi) is 3.95. The molecule has 122 valence electrons. The minimum atomic E-state index is -0.210. The van der Waals surface area contributed by atoms with E-state index in [-0.39, 0.29) is 5.82 Å². The lowest BCUT2D eigenvalue weighted by atomic mass is 9.89. The van der Waals surface area contributed by atoms with Gasteiger partial charge >= 0.3 is 0 Å². The van der Waals surface area contributed by atoms with Crippen LogP contribution in [0.3, 0.4) is 0 Å².